The van der Waals surface area contributed by atoms with E-state index in [0.29, 0.717) is 6.04 Å². The van der Waals surface area contributed by atoms with E-state index >= 15 is 0 Å². The van der Waals surface area contributed by atoms with Gasteiger partial charge in [0.25, 0.3) is 0 Å². The number of rotatable bonds is 0. The molecule has 0 bridgehead atoms. The van der Waals surface area contributed by atoms with Crippen molar-refractivity contribution in [2.45, 2.75) is 39.2 Å². The molecule has 0 aliphatic heterocycles. The summed E-state index contributed by atoms with van der Waals surface area (Å²) in [5.41, 5.74) is 6.10. The summed E-state index contributed by atoms with van der Waals surface area (Å²) in [6.07, 6.45) is 4.15. The molecule has 0 radical (unpaired) electrons. The van der Waals surface area contributed by atoms with Crippen molar-refractivity contribution < 1.29 is 0 Å². The van der Waals surface area contributed by atoms with Gasteiger partial charge < -0.3 is 5.73 Å². The quantitative estimate of drug-likeness (QED) is 0.566. The maximum atomic E-state index is 6.10. The Morgan fingerprint density at radius 3 is 2.45 bits per heavy atom. The van der Waals surface area contributed by atoms with Crippen LogP contribution in [0.1, 0.15) is 33.1 Å². The highest BCUT2D eigenvalue weighted by Gasteiger charge is 2.45. The zero-order chi connectivity index (χ0) is 8.01. The molecule has 5 atom stereocenters. The van der Waals surface area contributed by atoms with Gasteiger partial charge in [0, 0.05) is 6.04 Å². The van der Waals surface area contributed by atoms with E-state index in [1.807, 2.05) is 0 Å². The highest BCUT2D eigenvalue weighted by atomic mass is 14.7. The summed E-state index contributed by atoms with van der Waals surface area (Å²) in [6.45, 7) is 4.76. The van der Waals surface area contributed by atoms with E-state index in [2.05, 4.69) is 13.8 Å². The molecule has 2 aliphatic carbocycles. The van der Waals surface area contributed by atoms with Crippen LogP contribution in [-0.4, -0.2) is 6.04 Å². The van der Waals surface area contributed by atoms with Crippen molar-refractivity contribution in [3.8, 4) is 0 Å². The fraction of sp³-hybridized carbons (Fsp3) is 1.00. The molecule has 0 spiro atoms. The third kappa shape index (κ3) is 1.01. The van der Waals surface area contributed by atoms with Crippen LogP contribution in [0.4, 0.5) is 0 Å². The molecule has 2 rings (SSSR count). The molecule has 0 aromatic rings. The standard InChI is InChI=1S/C10H19N/c1-6-3-4-8-7(2)5-9(11)10(6)8/h6-10H,3-5,11H2,1-2H3. The third-order valence-electron chi connectivity index (χ3n) is 3.98. The summed E-state index contributed by atoms with van der Waals surface area (Å²) >= 11 is 0. The molecule has 0 saturated heterocycles. The predicted molar refractivity (Wildman–Crippen MR) is 47.1 cm³/mol. The van der Waals surface area contributed by atoms with Gasteiger partial charge in [-0.2, -0.15) is 0 Å². The molecule has 5 unspecified atom stereocenters. The summed E-state index contributed by atoms with van der Waals surface area (Å²) in [4.78, 5) is 0. The lowest BCUT2D eigenvalue weighted by Crippen LogP contribution is -2.28. The zero-order valence-corrected chi connectivity index (χ0v) is 7.59. The number of hydrogen-bond donors (Lipinski definition) is 1. The van der Waals surface area contributed by atoms with Crippen molar-refractivity contribution in [3.05, 3.63) is 0 Å². The van der Waals surface area contributed by atoms with Crippen LogP contribution in [0.15, 0.2) is 0 Å². The molecular formula is C10H19N. The molecular weight excluding hydrogens is 134 g/mol. The molecule has 0 amide bonds. The van der Waals surface area contributed by atoms with Crippen LogP contribution in [-0.2, 0) is 0 Å². The van der Waals surface area contributed by atoms with E-state index in [-0.39, 0.29) is 0 Å². The topological polar surface area (TPSA) is 26.0 Å². The maximum Gasteiger partial charge on any atom is 0.00750 e. The van der Waals surface area contributed by atoms with Crippen LogP contribution in [0.2, 0.25) is 0 Å². The Morgan fingerprint density at radius 2 is 1.82 bits per heavy atom. The number of hydrogen-bond acceptors (Lipinski definition) is 1. The summed E-state index contributed by atoms with van der Waals surface area (Å²) in [5.74, 6) is 3.64. The second-order valence-electron chi connectivity index (χ2n) is 4.67. The minimum atomic E-state index is 0.521. The minimum Gasteiger partial charge on any atom is -0.327 e. The molecule has 2 aliphatic rings. The lowest BCUT2D eigenvalue weighted by Gasteiger charge is -2.19. The lowest BCUT2D eigenvalue weighted by atomic mass is 9.89. The fourth-order valence-electron chi connectivity index (χ4n) is 3.43. The molecule has 64 valence electrons. The first-order chi connectivity index (χ1) is 5.20. The first-order valence-corrected chi connectivity index (χ1v) is 4.95. The highest BCUT2D eigenvalue weighted by molar-refractivity contribution is 4.97. The summed E-state index contributed by atoms with van der Waals surface area (Å²) in [5, 5.41) is 0. The van der Waals surface area contributed by atoms with Gasteiger partial charge in [0.2, 0.25) is 0 Å². The summed E-state index contributed by atoms with van der Waals surface area (Å²) in [6, 6.07) is 0.521. The van der Waals surface area contributed by atoms with Gasteiger partial charge in [0.15, 0.2) is 0 Å². The molecule has 2 saturated carbocycles. The van der Waals surface area contributed by atoms with Crippen molar-refractivity contribution in [2.75, 3.05) is 0 Å². The van der Waals surface area contributed by atoms with E-state index in [9.17, 15) is 0 Å². The Bertz CT molecular complexity index is 155. The monoisotopic (exact) mass is 153 g/mol. The summed E-state index contributed by atoms with van der Waals surface area (Å²) in [7, 11) is 0. The van der Waals surface area contributed by atoms with Gasteiger partial charge in [0.1, 0.15) is 0 Å². The lowest BCUT2D eigenvalue weighted by molar-refractivity contribution is 0.321. The van der Waals surface area contributed by atoms with E-state index in [1.54, 1.807) is 0 Å². The van der Waals surface area contributed by atoms with Gasteiger partial charge in [0.05, 0.1) is 0 Å². The van der Waals surface area contributed by atoms with Crippen molar-refractivity contribution in [1.82, 2.24) is 0 Å². The van der Waals surface area contributed by atoms with Crippen molar-refractivity contribution >= 4 is 0 Å². The van der Waals surface area contributed by atoms with Crippen molar-refractivity contribution in [2.24, 2.45) is 29.4 Å². The Labute approximate surface area is 69.4 Å². The van der Waals surface area contributed by atoms with E-state index < -0.39 is 0 Å². The van der Waals surface area contributed by atoms with Gasteiger partial charge in [-0.3, -0.25) is 0 Å². The van der Waals surface area contributed by atoms with E-state index in [4.69, 9.17) is 5.73 Å². The summed E-state index contributed by atoms with van der Waals surface area (Å²) < 4.78 is 0. The van der Waals surface area contributed by atoms with Crippen molar-refractivity contribution in [3.63, 3.8) is 0 Å². The fourth-order valence-corrected chi connectivity index (χ4v) is 3.43. The van der Waals surface area contributed by atoms with Gasteiger partial charge in [-0.25, -0.2) is 0 Å². The van der Waals surface area contributed by atoms with E-state index in [1.165, 1.54) is 19.3 Å². The Balaban J connectivity index is 2.15. The zero-order valence-electron chi connectivity index (χ0n) is 7.59. The number of nitrogens with two attached hydrogens (primary N) is 1. The SMILES string of the molecule is CC1CC(N)C2C(C)CCC12. The average Bonchev–Trinajstić information content (AvgIpc) is 2.41. The van der Waals surface area contributed by atoms with Gasteiger partial charge in [-0.15, -0.1) is 0 Å². The maximum absolute atomic E-state index is 6.10. The Kier molecular flexibility index (Phi) is 1.71. The van der Waals surface area contributed by atoms with Gasteiger partial charge in [-0.05, 0) is 36.5 Å². The average molecular weight is 153 g/mol. The largest absolute Gasteiger partial charge is 0.327 e. The van der Waals surface area contributed by atoms with Crippen LogP contribution in [0.5, 0.6) is 0 Å². The molecule has 0 aromatic carbocycles. The third-order valence-corrected chi connectivity index (χ3v) is 3.98. The van der Waals surface area contributed by atoms with Crippen LogP contribution in [0.25, 0.3) is 0 Å². The first-order valence-electron chi connectivity index (χ1n) is 4.95. The van der Waals surface area contributed by atoms with Crippen molar-refractivity contribution in [1.29, 1.82) is 0 Å². The van der Waals surface area contributed by atoms with Gasteiger partial charge in [-0.1, -0.05) is 20.3 Å². The number of fused-ring (bicyclic) bond motifs is 1. The molecule has 2 fully saturated rings. The normalized spacial score (nSPS) is 56.5. The molecule has 2 N–H and O–H groups in total. The van der Waals surface area contributed by atoms with E-state index in [0.717, 1.165) is 23.7 Å². The second kappa shape index (κ2) is 2.48. The van der Waals surface area contributed by atoms with Crippen LogP contribution in [0, 0.1) is 23.7 Å². The smallest absolute Gasteiger partial charge is 0.00750 e. The van der Waals surface area contributed by atoms with Crippen LogP contribution in [0.3, 0.4) is 0 Å². The first kappa shape index (κ1) is 7.60. The Morgan fingerprint density at radius 1 is 1.09 bits per heavy atom. The van der Waals surface area contributed by atoms with Crippen LogP contribution >= 0.6 is 0 Å². The van der Waals surface area contributed by atoms with Crippen LogP contribution < -0.4 is 5.73 Å². The molecule has 0 heterocycles. The minimum absolute atomic E-state index is 0.521. The second-order valence-corrected chi connectivity index (χ2v) is 4.67. The predicted octanol–water partition coefficient (Wildman–Crippen LogP) is 2.02. The highest BCUT2D eigenvalue weighted by Crippen LogP contribution is 2.49. The Hall–Kier alpha value is -0.0400. The molecule has 1 nitrogen and oxygen atoms in total. The molecule has 1 heteroatoms. The molecule has 11 heavy (non-hydrogen) atoms. The molecule has 0 aromatic heterocycles. The van der Waals surface area contributed by atoms with Gasteiger partial charge >= 0.3 is 0 Å².